The average Bonchev–Trinajstić information content (AvgIpc) is 2.49. The van der Waals surface area contributed by atoms with Crippen molar-refractivity contribution in [2.45, 2.75) is 31.8 Å². The van der Waals surface area contributed by atoms with Crippen molar-refractivity contribution in [1.29, 1.82) is 0 Å². The Morgan fingerprint density at radius 3 is 2.50 bits per heavy atom. The highest BCUT2D eigenvalue weighted by Gasteiger charge is 2.56. The molecular weight excluding hydrogens is 124 g/mol. The summed E-state index contributed by atoms with van der Waals surface area (Å²) < 4.78 is 0. The number of aliphatic hydroxyl groups is 1. The Balaban J connectivity index is 1.99. The first-order valence-corrected chi connectivity index (χ1v) is 4.54. The molecular formula is C9H14O. The van der Waals surface area contributed by atoms with Crippen molar-refractivity contribution >= 4 is 0 Å². The van der Waals surface area contributed by atoms with Crippen molar-refractivity contribution in [2.75, 3.05) is 0 Å². The third-order valence-corrected chi connectivity index (χ3v) is 4.11. The van der Waals surface area contributed by atoms with Crippen LogP contribution in [0, 0.1) is 23.7 Å². The van der Waals surface area contributed by atoms with E-state index in [1.165, 1.54) is 19.3 Å². The van der Waals surface area contributed by atoms with Gasteiger partial charge in [-0.2, -0.15) is 0 Å². The van der Waals surface area contributed by atoms with Gasteiger partial charge in [-0.15, -0.1) is 0 Å². The maximum absolute atomic E-state index is 9.60. The van der Waals surface area contributed by atoms with Crippen molar-refractivity contribution in [3.05, 3.63) is 0 Å². The summed E-state index contributed by atoms with van der Waals surface area (Å²) in [6, 6.07) is 0. The SMILES string of the molecule is O[C@H]1C[C@H]2C[C@@H]3CCC2[C@@H]31. The van der Waals surface area contributed by atoms with Crippen molar-refractivity contribution in [1.82, 2.24) is 0 Å². The predicted octanol–water partition coefficient (Wildman–Crippen LogP) is 1.41. The van der Waals surface area contributed by atoms with Crippen LogP contribution in [0.2, 0.25) is 0 Å². The van der Waals surface area contributed by atoms with Crippen molar-refractivity contribution in [3.63, 3.8) is 0 Å². The van der Waals surface area contributed by atoms with Gasteiger partial charge in [0.1, 0.15) is 0 Å². The molecule has 0 aliphatic heterocycles. The Morgan fingerprint density at radius 1 is 1.00 bits per heavy atom. The minimum Gasteiger partial charge on any atom is -0.393 e. The molecule has 3 fully saturated rings. The van der Waals surface area contributed by atoms with E-state index in [0.717, 1.165) is 30.1 Å². The van der Waals surface area contributed by atoms with E-state index < -0.39 is 0 Å². The van der Waals surface area contributed by atoms with Crippen LogP contribution < -0.4 is 0 Å². The van der Waals surface area contributed by atoms with Gasteiger partial charge in [0.2, 0.25) is 0 Å². The van der Waals surface area contributed by atoms with Crippen molar-refractivity contribution in [3.8, 4) is 0 Å². The molecule has 0 saturated heterocycles. The van der Waals surface area contributed by atoms with Crippen LogP contribution in [-0.4, -0.2) is 11.2 Å². The van der Waals surface area contributed by atoms with Gasteiger partial charge in [0, 0.05) is 0 Å². The van der Waals surface area contributed by atoms with Crippen LogP contribution in [0.5, 0.6) is 0 Å². The molecule has 0 heterocycles. The first-order chi connectivity index (χ1) is 4.86. The van der Waals surface area contributed by atoms with E-state index in [9.17, 15) is 5.11 Å². The van der Waals surface area contributed by atoms with Crippen molar-refractivity contribution in [2.24, 2.45) is 23.7 Å². The van der Waals surface area contributed by atoms with E-state index in [1.807, 2.05) is 0 Å². The Hall–Kier alpha value is -0.0400. The second-order valence-corrected chi connectivity index (χ2v) is 4.38. The summed E-state index contributed by atoms with van der Waals surface area (Å²) in [6.07, 6.45) is 5.52. The van der Waals surface area contributed by atoms with Gasteiger partial charge in [-0.3, -0.25) is 0 Å². The fourth-order valence-electron chi connectivity index (χ4n) is 3.87. The van der Waals surface area contributed by atoms with Gasteiger partial charge in [0.25, 0.3) is 0 Å². The summed E-state index contributed by atoms with van der Waals surface area (Å²) in [4.78, 5) is 0. The number of aliphatic hydroxyl groups excluding tert-OH is 1. The lowest BCUT2D eigenvalue weighted by molar-refractivity contribution is 0.0856. The Kier molecular flexibility index (Phi) is 0.883. The van der Waals surface area contributed by atoms with Crippen LogP contribution in [0.4, 0.5) is 0 Å². The molecule has 3 aliphatic rings. The molecule has 3 aliphatic carbocycles. The molecule has 0 aromatic heterocycles. The lowest BCUT2D eigenvalue weighted by Gasteiger charge is -2.23. The third-order valence-electron chi connectivity index (χ3n) is 4.11. The quantitative estimate of drug-likeness (QED) is 0.536. The fraction of sp³-hybridized carbons (Fsp3) is 1.00. The first-order valence-electron chi connectivity index (χ1n) is 4.54. The zero-order chi connectivity index (χ0) is 6.72. The second kappa shape index (κ2) is 1.58. The minimum atomic E-state index is 0.0937. The zero-order valence-corrected chi connectivity index (χ0v) is 6.16. The van der Waals surface area contributed by atoms with Gasteiger partial charge in [-0.05, 0) is 49.4 Å². The van der Waals surface area contributed by atoms with E-state index in [1.54, 1.807) is 0 Å². The average molecular weight is 138 g/mol. The molecule has 0 spiro atoms. The van der Waals surface area contributed by atoms with E-state index in [0.29, 0.717) is 0 Å². The summed E-state index contributed by atoms with van der Waals surface area (Å²) in [5.74, 6) is 3.54. The van der Waals surface area contributed by atoms with Gasteiger partial charge in [-0.25, -0.2) is 0 Å². The molecule has 4 bridgehead atoms. The molecule has 3 rings (SSSR count). The molecule has 5 atom stereocenters. The topological polar surface area (TPSA) is 20.2 Å². The fourth-order valence-corrected chi connectivity index (χ4v) is 3.87. The van der Waals surface area contributed by atoms with Gasteiger partial charge in [0.15, 0.2) is 0 Å². The lowest BCUT2D eigenvalue weighted by atomic mass is 9.85. The predicted molar refractivity (Wildman–Crippen MR) is 38.4 cm³/mol. The maximum atomic E-state index is 9.60. The highest BCUT2D eigenvalue weighted by Crippen LogP contribution is 2.60. The van der Waals surface area contributed by atoms with E-state index in [4.69, 9.17) is 0 Å². The monoisotopic (exact) mass is 138 g/mol. The highest BCUT2D eigenvalue weighted by molar-refractivity contribution is 5.05. The number of hydrogen-bond acceptors (Lipinski definition) is 1. The molecule has 3 saturated carbocycles. The van der Waals surface area contributed by atoms with E-state index >= 15 is 0 Å². The molecule has 1 heteroatoms. The summed E-state index contributed by atoms with van der Waals surface area (Å²) in [5.41, 5.74) is 0. The zero-order valence-electron chi connectivity index (χ0n) is 6.16. The smallest absolute Gasteiger partial charge is 0.0576 e. The maximum Gasteiger partial charge on any atom is 0.0576 e. The van der Waals surface area contributed by atoms with Crippen LogP contribution in [0.25, 0.3) is 0 Å². The molecule has 0 aromatic rings. The largest absolute Gasteiger partial charge is 0.393 e. The molecule has 56 valence electrons. The van der Waals surface area contributed by atoms with Gasteiger partial charge in [-0.1, -0.05) is 0 Å². The third kappa shape index (κ3) is 0.460. The van der Waals surface area contributed by atoms with Crippen LogP contribution in [0.15, 0.2) is 0 Å². The van der Waals surface area contributed by atoms with Crippen LogP contribution in [-0.2, 0) is 0 Å². The Morgan fingerprint density at radius 2 is 1.90 bits per heavy atom. The standard InChI is InChI=1S/C9H14O/c10-8-4-6-3-5-1-2-7(6)9(5)8/h5-10H,1-4H2/t5-,6+,7?,8-,9+/m0/s1. The number of hydrogen-bond donors (Lipinski definition) is 1. The normalized spacial score (nSPS) is 63.9. The molecule has 0 radical (unpaired) electrons. The lowest BCUT2D eigenvalue weighted by Crippen LogP contribution is -2.22. The van der Waals surface area contributed by atoms with Crippen LogP contribution >= 0.6 is 0 Å². The second-order valence-electron chi connectivity index (χ2n) is 4.38. The van der Waals surface area contributed by atoms with Crippen molar-refractivity contribution < 1.29 is 5.11 Å². The number of rotatable bonds is 0. The minimum absolute atomic E-state index is 0.0937. The summed E-state index contributed by atoms with van der Waals surface area (Å²) in [5, 5.41) is 9.60. The van der Waals surface area contributed by atoms with Gasteiger partial charge < -0.3 is 5.11 Å². The molecule has 0 aromatic carbocycles. The molecule has 1 N–H and O–H groups in total. The molecule has 10 heavy (non-hydrogen) atoms. The van der Waals surface area contributed by atoms with Crippen LogP contribution in [0.1, 0.15) is 25.7 Å². The Bertz CT molecular complexity index is 164. The summed E-state index contributed by atoms with van der Waals surface area (Å²) in [7, 11) is 0. The molecule has 0 amide bonds. The molecule has 1 unspecified atom stereocenters. The molecule has 1 nitrogen and oxygen atoms in total. The Labute approximate surface area is 61.4 Å². The van der Waals surface area contributed by atoms with Gasteiger partial charge >= 0.3 is 0 Å². The first kappa shape index (κ1) is 5.59. The van der Waals surface area contributed by atoms with E-state index in [2.05, 4.69) is 0 Å². The van der Waals surface area contributed by atoms with E-state index in [-0.39, 0.29) is 6.10 Å². The summed E-state index contributed by atoms with van der Waals surface area (Å²) >= 11 is 0. The highest BCUT2D eigenvalue weighted by atomic mass is 16.3. The summed E-state index contributed by atoms with van der Waals surface area (Å²) in [6.45, 7) is 0. The van der Waals surface area contributed by atoms with Gasteiger partial charge in [0.05, 0.1) is 6.10 Å². The van der Waals surface area contributed by atoms with Crippen LogP contribution in [0.3, 0.4) is 0 Å².